The molecule has 4 aromatic rings. The minimum atomic E-state index is -0.758. The summed E-state index contributed by atoms with van der Waals surface area (Å²) in [6.07, 6.45) is 0. The molecule has 0 radical (unpaired) electrons. The normalized spacial score (nSPS) is 11.6. The molecule has 4 aromatic carbocycles. The molecule has 0 aliphatic heterocycles. The summed E-state index contributed by atoms with van der Waals surface area (Å²) >= 11 is 6.14. The second-order valence-corrected chi connectivity index (χ2v) is 6.92. The highest BCUT2D eigenvalue weighted by atomic mass is 35.5. The van der Waals surface area contributed by atoms with Crippen molar-refractivity contribution >= 4 is 17.3 Å². The maximum atomic E-state index is 6.14. The topological polar surface area (TPSA) is 24.7 Å². The predicted molar refractivity (Wildman–Crippen MR) is 115 cm³/mol. The summed E-state index contributed by atoms with van der Waals surface area (Å²) in [5, 5.41) is 10.2. The number of azo groups is 1. The molecular formula is C25H19ClN2. The van der Waals surface area contributed by atoms with Crippen molar-refractivity contribution in [2.45, 2.75) is 5.54 Å². The Morgan fingerprint density at radius 3 is 1.43 bits per heavy atom. The molecule has 0 saturated heterocycles. The van der Waals surface area contributed by atoms with E-state index in [0.717, 1.165) is 22.4 Å². The maximum absolute atomic E-state index is 6.14. The highest BCUT2D eigenvalue weighted by Gasteiger charge is 2.36. The third-order valence-electron chi connectivity index (χ3n) is 4.70. The molecule has 0 bridgehead atoms. The van der Waals surface area contributed by atoms with Crippen LogP contribution in [0.1, 0.15) is 16.7 Å². The Kier molecular flexibility index (Phi) is 5.31. The van der Waals surface area contributed by atoms with Gasteiger partial charge in [-0.2, -0.15) is 10.2 Å². The van der Waals surface area contributed by atoms with Gasteiger partial charge in [0.25, 0.3) is 0 Å². The van der Waals surface area contributed by atoms with Crippen LogP contribution < -0.4 is 0 Å². The van der Waals surface area contributed by atoms with Gasteiger partial charge in [-0.1, -0.05) is 109 Å². The predicted octanol–water partition coefficient (Wildman–Crippen LogP) is 7.42. The van der Waals surface area contributed by atoms with Crippen LogP contribution in [-0.4, -0.2) is 0 Å². The summed E-state index contributed by atoms with van der Waals surface area (Å²) in [5.41, 5.74) is 3.13. The molecule has 0 heterocycles. The highest BCUT2D eigenvalue weighted by Crippen LogP contribution is 2.41. The highest BCUT2D eigenvalue weighted by molar-refractivity contribution is 6.30. The molecule has 0 spiro atoms. The molecule has 3 heteroatoms. The first-order valence-corrected chi connectivity index (χ1v) is 9.52. The van der Waals surface area contributed by atoms with Gasteiger partial charge in [0.2, 0.25) is 0 Å². The van der Waals surface area contributed by atoms with E-state index in [2.05, 4.69) is 41.5 Å². The third-order valence-corrected chi connectivity index (χ3v) is 4.93. The Bertz CT molecular complexity index is 965. The summed E-state index contributed by atoms with van der Waals surface area (Å²) in [4.78, 5) is 0. The lowest BCUT2D eigenvalue weighted by atomic mass is 9.78. The van der Waals surface area contributed by atoms with Crippen molar-refractivity contribution in [2.75, 3.05) is 0 Å². The lowest BCUT2D eigenvalue weighted by molar-refractivity contribution is 0.618. The first-order chi connectivity index (χ1) is 13.8. The van der Waals surface area contributed by atoms with Crippen molar-refractivity contribution < 1.29 is 0 Å². The van der Waals surface area contributed by atoms with E-state index in [1.54, 1.807) is 0 Å². The van der Waals surface area contributed by atoms with Crippen molar-refractivity contribution in [3.05, 3.63) is 137 Å². The summed E-state index contributed by atoms with van der Waals surface area (Å²) in [6, 6.07) is 38.2. The van der Waals surface area contributed by atoms with E-state index in [9.17, 15) is 0 Å². The molecule has 2 nitrogen and oxygen atoms in total. The van der Waals surface area contributed by atoms with Crippen molar-refractivity contribution in [1.82, 2.24) is 0 Å². The molecule has 28 heavy (non-hydrogen) atoms. The lowest BCUT2D eigenvalue weighted by Crippen LogP contribution is -2.26. The number of rotatable bonds is 5. The number of halogens is 1. The van der Waals surface area contributed by atoms with E-state index in [4.69, 9.17) is 16.7 Å². The van der Waals surface area contributed by atoms with Gasteiger partial charge in [0.05, 0.1) is 5.69 Å². The first kappa shape index (κ1) is 18.1. The lowest BCUT2D eigenvalue weighted by Gasteiger charge is -2.30. The van der Waals surface area contributed by atoms with Crippen LogP contribution in [0.15, 0.2) is 125 Å². The third kappa shape index (κ3) is 3.60. The van der Waals surface area contributed by atoms with Crippen molar-refractivity contribution in [1.29, 1.82) is 0 Å². The molecule has 0 atom stereocenters. The second kappa shape index (κ2) is 8.20. The molecule has 0 amide bonds. The molecule has 0 fully saturated rings. The Labute approximate surface area is 170 Å². The SMILES string of the molecule is Clc1cccc(N=NC(c2ccccc2)(c2ccccc2)c2ccccc2)c1. The molecule has 0 aliphatic carbocycles. The van der Waals surface area contributed by atoms with E-state index in [0.29, 0.717) is 5.02 Å². The Balaban J connectivity index is 1.98. The molecule has 0 saturated carbocycles. The van der Waals surface area contributed by atoms with Crippen molar-refractivity contribution in [3.8, 4) is 0 Å². The zero-order chi connectivity index (χ0) is 19.2. The van der Waals surface area contributed by atoms with E-state index in [-0.39, 0.29) is 0 Å². The molecule has 0 N–H and O–H groups in total. The molecule has 136 valence electrons. The standard InChI is InChI=1S/C25H19ClN2/c26-23-17-10-18-24(19-23)27-28-25(20-11-4-1-5-12-20,21-13-6-2-7-14-21)22-15-8-3-9-16-22/h1-19H. The number of nitrogens with zero attached hydrogens (tertiary/aromatic N) is 2. The quantitative estimate of drug-likeness (QED) is 0.253. The second-order valence-electron chi connectivity index (χ2n) is 6.49. The first-order valence-electron chi connectivity index (χ1n) is 9.14. The summed E-state index contributed by atoms with van der Waals surface area (Å²) in [7, 11) is 0. The van der Waals surface area contributed by atoms with Crippen LogP contribution in [0, 0.1) is 0 Å². The van der Waals surface area contributed by atoms with E-state index in [1.807, 2.05) is 78.9 Å². The van der Waals surface area contributed by atoms with E-state index in [1.165, 1.54) is 0 Å². The monoisotopic (exact) mass is 382 g/mol. The molecule has 4 rings (SSSR count). The average molecular weight is 383 g/mol. The van der Waals surface area contributed by atoms with Crippen LogP contribution in [0.4, 0.5) is 5.69 Å². The molecule has 0 aliphatic rings. The van der Waals surface area contributed by atoms with Gasteiger partial charge in [0.15, 0.2) is 5.54 Å². The largest absolute Gasteiger partial charge is 0.167 e. The maximum Gasteiger partial charge on any atom is 0.157 e. The van der Waals surface area contributed by atoms with Gasteiger partial charge in [-0.3, -0.25) is 0 Å². The fraction of sp³-hybridized carbons (Fsp3) is 0.0400. The van der Waals surface area contributed by atoms with E-state index >= 15 is 0 Å². The minimum Gasteiger partial charge on any atom is -0.167 e. The number of benzene rings is 4. The minimum absolute atomic E-state index is 0.640. The van der Waals surface area contributed by atoms with Gasteiger partial charge >= 0.3 is 0 Å². The van der Waals surface area contributed by atoms with Crippen LogP contribution in [0.25, 0.3) is 0 Å². The van der Waals surface area contributed by atoms with Crippen molar-refractivity contribution in [3.63, 3.8) is 0 Å². The zero-order valence-electron chi connectivity index (χ0n) is 15.2. The molecule has 0 aromatic heterocycles. The Morgan fingerprint density at radius 1 is 0.536 bits per heavy atom. The van der Waals surface area contributed by atoms with Gasteiger partial charge in [-0.05, 0) is 34.9 Å². The average Bonchev–Trinajstić information content (AvgIpc) is 2.77. The molecular weight excluding hydrogens is 364 g/mol. The zero-order valence-corrected chi connectivity index (χ0v) is 16.0. The van der Waals surface area contributed by atoms with Crippen LogP contribution in [0.5, 0.6) is 0 Å². The van der Waals surface area contributed by atoms with Crippen LogP contribution >= 0.6 is 11.6 Å². The van der Waals surface area contributed by atoms with Gasteiger partial charge in [-0.15, -0.1) is 0 Å². The smallest absolute Gasteiger partial charge is 0.157 e. The number of hydrogen-bond acceptors (Lipinski definition) is 2. The van der Waals surface area contributed by atoms with Crippen LogP contribution in [0.2, 0.25) is 5.02 Å². The Morgan fingerprint density at radius 2 is 1.00 bits per heavy atom. The van der Waals surface area contributed by atoms with Gasteiger partial charge < -0.3 is 0 Å². The van der Waals surface area contributed by atoms with Crippen LogP contribution in [-0.2, 0) is 5.54 Å². The van der Waals surface area contributed by atoms with E-state index < -0.39 is 5.54 Å². The summed E-state index contributed by atoms with van der Waals surface area (Å²) in [5.74, 6) is 0. The summed E-state index contributed by atoms with van der Waals surface area (Å²) in [6.45, 7) is 0. The van der Waals surface area contributed by atoms with Crippen LogP contribution in [0.3, 0.4) is 0 Å². The molecule has 0 unspecified atom stereocenters. The van der Waals surface area contributed by atoms with Crippen molar-refractivity contribution in [2.24, 2.45) is 10.2 Å². The number of hydrogen-bond donors (Lipinski definition) is 0. The Hall–Kier alpha value is -3.23. The fourth-order valence-electron chi connectivity index (χ4n) is 3.38. The van der Waals surface area contributed by atoms with Gasteiger partial charge in [-0.25, -0.2) is 0 Å². The fourth-order valence-corrected chi connectivity index (χ4v) is 3.57. The van der Waals surface area contributed by atoms with Gasteiger partial charge in [0, 0.05) is 5.02 Å². The van der Waals surface area contributed by atoms with Gasteiger partial charge in [0.1, 0.15) is 0 Å². The summed E-state index contributed by atoms with van der Waals surface area (Å²) < 4.78 is 0.